The van der Waals surface area contributed by atoms with Crippen molar-refractivity contribution in [2.75, 3.05) is 5.73 Å². The van der Waals surface area contributed by atoms with Crippen LogP contribution in [0.4, 0.5) is 5.69 Å². The number of rotatable bonds is 1. The van der Waals surface area contributed by atoms with Gasteiger partial charge in [-0.1, -0.05) is 6.04 Å². The van der Waals surface area contributed by atoms with Crippen LogP contribution in [0.5, 0.6) is 0 Å². The van der Waals surface area contributed by atoms with E-state index >= 15 is 0 Å². The van der Waals surface area contributed by atoms with Crippen molar-refractivity contribution in [3.8, 4) is 0 Å². The van der Waals surface area contributed by atoms with Crippen LogP contribution in [0, 0.1) is 6.92 Å². The molecule has 6 nitrogen and oxygen atoms in total. The van der Waals surface area contributed by atoms with E-state index in [0.717, 1.165) is 10.6 Å². The molecule has 6 heteroatoms. The van der Waals surface area contributed by atoms with Gasteiger partial charge in [-0.3, -0.25) is 19.0 Å². The summed E-state index contributed by atoms with van der Waals surface area (Å²) in [6.07, 6.45) is -3.15. The van der Waals surface area contributed by atoms with Crippen molar-refractivity contribution in [2.45, 2.75) is 32.2 Å². The summed E-state index contributed by atoms with van der Waals surface area (Å²) in [4.78, 5) is 40.9. The van der Waals surface area contributed by atoms with Gasteiger partial charge in [0.25, 0.3) is 5.56 Å². The first-order valence-electron chi connectivity index (χ1n) is 8.37. The number of aryl methyl sites for hydroxylation is 1. The Morgan fingerprint density at radius 2 is 2.24 bits per heavy atom. The Morgan fingerprint density at radius 3 is 2.95 bits per heavy atom. The first kappa shape index (κ1) is 9.44. The average molecular weight is 289 g/mol. The molecule has 21 heavy (non-hydrogen) atoms. The molecule has 1 aromatic carbocycles. The number of ketones is 2. The number of nitrogens with zero attached hydrogens (tertiary/aromatic N) is 2. The van der Waals surface area contributed by atoms with Gasteiger partial charge in [-0.15, -0.1) is 0 Å². The van der Waals surface area contributed by atoms with Crippen LogP contribution in [0.15, 0.2) is 22.9 Å². The normalized spacial score (nSPS) is 24.3. The second-order valence-corrected chi connectivity index (χ2v) is 4.89. The highest BCUT2D eigenvalue weighted by Crippen LogP contribution is 2.24. The Bertz CT molecular complexity index is 1000. The third-order valence-electron chi connectivity index (χ3n) is 3.43. The van der Waals surface area contributed by atoms with Gasteiger partial charge >= 0.3 is 0 Å². The number of nitrogen functional groups attached to an aromatic ring is 1. The molecular weight excluding hydrogens is 270 g/mol. The maximum Gasteiger partial charge on any atom is 0.264 e. The van der Waals surface area contributed by atoms with Crippen molar-refractivity contribution in [2.24, 2.45) is 0 Å². The van der Waals surface area contributed by atoms with Crippen molar-refractivity contribution in [3.63, 3.8) is 0 Å². The zero-order valence-electron chi connectivity index (χ0n) is 15.3. The van der Waals surface area contributed by atoms with Gasteiger partial charge in [-0.2, -0.15) is 0 Å². The minimum absolute atomic E-state index is 0.0209. The largest absolute Gasteiger partial charge is 0.398 e. The summed E-state index contributed by atoms with van der Waals surface area (Å²) in [5, 5.41) is -0.132. The van der Waals surface area contributed by atoms with E-state index in [1.54, 1.807) is 0 Å². The second kappa shape index (κ2) is 4.80. The Kier molecular flexibility index (Phi) is 2.16. The van der Waals surface area contributed by atoms with Crippen molar-refractivity contribution >= 4 is 28.2 Å². The molecule has 2 N–H and O–H groups in total. The molecular formula is C15H15N3O3. The number of nitrogens with two attached hydrogens (primary N) is 1. The van der Waals surface area contributed by atoms with Crippen LogP contribution in [0.2, 0.25) is 0 Å². The summed E-state index contributed by atoms with van der Waals surface area (Å²) < 4.78 is 32.6. The highest BCUT2D eigenvalue weighted by Gasteiger charge is 2.30. The number of aromatic nitrogens is 2. The number of benzene rings is 1. The third-order valence-corrected chi connectivity index (χ3v) is 3.43. The highest BCUT2D eigenvalue weighted by molar-refractivity contribution is 6.03. The summed E-state index contributed by atoms with van der Waals surface area (Å²) in [5.41, 5.74) is 4.92. The number of fused-ring (bicyclic) bond motifs is 1. The maximum atomic E-state index is 12.9. The summed E-state index contributed by atoms with van der Waals surface area (Å²) in [7, 11) is 0. The van der Waals surface area contributed by atoms with Crippen molar-refractivity contribution < 1.29 is 15.1 Å². The minimum Gasteiger partial charge on any atom is -0.398 e. The number of carbonyl (C=O) groups excluding carboxylic acids is 2. The summed E-state index contributed by atoms with van der Waals surface area (Å²) in [5.74, 6) is -1.19. The molecule has 0 radical (unpaired) electrons. The predicted molar refractivity (Wildman–Crippen MR) is 78.1 cm³/mol. The molecule has 1 unspecified atom stereocenters. The number of Topliss-reactive ketones (excluding diaryl/α,β-unsaturated/α-hetero) is 2. The minimum atomic E-state index is -2.23. The van der Waals surface area contributed by atoms with Crippen molar-refractivity contribution in [3.05, 3.63) is 34.3 Å². The fourth-order valence-corrected chi connectivity index (χ4v) is 2.46. The molecule has 1 saturated carbocycles. The standard InChI is InChI=1S/C15H15N3O3/c1-8-17-11-4-2-3-10(16)14(11)15(21)18(8)12-6-5-9(19)7-13(12)20/h2-4,12H,5-7,16H2,1H3/i2D,4D,6D2. The van der Waals surface area contributed by atoms with Gasteiger partial charge in [-0.05, 0) is 25.4 Å². The van der Waals surface area contributed by atoms with Gasteiger partial charge < -0.3 is 5.73 Å². The predicted octanol–water partition coefficient (Wildman–Crippen LogP) is 1.15. The van der Waals surface area contributed by atoms with Gasteiger partial charge in [0.1, 0.15) is 11.6 Å². The SMILES string of the molecule is [2H]c1cc(N)c2c(=O)n(C3C(=O)CC(=O)CC3([2H])[2H])c(C)nc2c1[2H]. The van der Waals surface area contributed by atoms with Crippen LogP contribution >= 0.6 is 0 Å². The van der Waals surface area contributed by atoms with E-state index in [9.17, 15) is 14.4 Å². The molecule has 2 aromatic rings. The van der Waals surface area contributed by atoms with E-state index in [4.69, 9.17) is 11.2 Å². The molecule has 1 aromatic heterocycles. The van der Waals surface area contributed by atoms with Crippen LogP contribution in [-0.4, -0.2) is 21.1 Å². The summed E-state index contributed by atoms with van der Waals surface area (Å²) in [6, 6.07) is -0.804. The molecule has 108 valence electrons. The van der Waals surface area contributed by atoms with Gasteiger partial charge in [0.15, 0.2) is 5.78 Å². The molecule has 1 heterocycles. The molecule has 0 saturated heterocycles. The molecule has 1 fully saturated rings. The first-order chi connectivity index (χ1) is 11.5. The molecule has 0 spiro atoms. The van der Waals surface area contributed by atoms with E-state index in [2.05, 4.69) is 4.98 Å². The molecule has 0 aliphatic heterocycles. The van der Waals surface area contributed by atoms with E-state index in [-0.39, 0.29) is 34.5 Å². The van der Waals surface area contributed by atoms with E-state index in [0.29, 0.717) is 0 Å². The van der Waals surface area contributed by atoms with Crippen LogP contribution in [-0.2, 0) is 9.59 Å². The molecule has 1 atom stereocenters. The van der Waals surface area contributed by atoms with Gasteiger partial charge in [0, 0.05) is 14.8 Å². The van der Waals surface area contributed by atoms with Gasteiger partial charge in [0.05, 0.1) is 26.1 Å². The molecule has 0 bridgehead atoms. The van der Waals surface area contributed by atoms with E-state index in [1.807, 2.05) is 0 Å². The van der Waals surface area contributed by atoms with E-state index in [1.165, 1.54) is 6.92 Å². The quantitative estimate of drug-likeness (QED) is 0.627. The monoisotopic (exact) mass is 289 g/mol. The lowest BCUT2D eigenvalue weighted by molar-refractivity contribution is -0.132. The summed E-state index contributed by atoms with van der Waals surface area (Å²) >= 11 is 0. The van der Waals surface area contributed by atoms with Gasteiger partial charge in [0.2, 0.25) is 0 Å². The molecule has 3 rings (SSSR count). The van der Waals surface area contributed by atoms with E-state index < -0.39 is 42.4 Å². The smallest absolute Gasteiger partial charge is 0.264 e. The number of anilines is 1. The zero-order chi connectivity index (χ0) is 18.7. The summed E-state index contributed by atoms with van der Waals surface area (Å²) in [6.45, 7) is 1.41. The van der Waals surface area contributed by atoms with Crippen molar-refractivity contribution in [1.82, 2.24) is 9.55 Å². The molecule has 0 amide bonds. The van der Waals surface area contributed by atoms with Crippen LogP contribution in [0.3, 0.4) is 0 Å². The lowest BCUT2D eigenvalue weighted by atomic mass is 9.92. The van der Waals surface area contributed by atoms with Crippen LogP contribution in [0.25, 0.3) is 10.9 Å². The Morgan fingerprint density at radius 1 is 1.48 bits per heavy atom. The Balaban J connectivity index is 2.37. The number of hydrogen-bond acceptors (Lipinski definition) is 5. The lowest BCUT2D eigenvalue weighted by Gasteiger charge is -2.24. The Labute approximate surface area is 126 Å². The maximum absolute atomic E-state index is 12.9. The molecule has 1 aliphatic rings. The average Bonchev–Trinajstić information content (AvgIpc) is 2.45. The topological polar surface area (TPSA) is 95.0 Å². The molecule has 1 aliphatic carbocycles. The fraction of sp³-hybridized carbons (Fsp3) is 0.333. The number of carbonyl (C=O) groups is 2. The number of hydrogen-bond donors (Lipinski definition) is 1. The Hall–Kier alpha value is -2.50. The zero-order valence-corrected chi connectivity index (χ0v) is 11.3. The first-order valence-corrected chi connectivity index (χ1v) is 6.37. The lowest BCUT2D eigenvalue weighted by Crippen LogP contribution is -2.36. The van der Waals surface area contributed by atoms with Crippen LogP contribution in [0.1, 0.15) is 36.6 Å². The van der Waals surface area contributed by atoms with Crippen molar-refractivity contribution in [1.29, 1.82) is 0 Å². The van der Waals surface area contributed by atoms with Crippen LogP contribution < -0.4 is 11.3 Å². The second-order valence-electron chi connectivity index (χ2n) is 4.89. The highest BCUT2D eigenvalue weighted by atomic mass is 16.2. The third kappa shape index (κ3) is 2.12. The fourth-order valence-electron chi connectivity index (χ4n) is 2.46. The van der Waals surface area contributed by atoms with Gasteiger partial charge in [-0.25, -0.2) is 4.98 Å².